The first kappa shape index (κ1) is 20.9. The number of hydrogen-bond acceptors (Lipinski definition) is 4. The third-order valence-electron chi connectivity index (χ3n) is 5.61. The fraction of sp³-hybridized carbons (Fsp3) is 0.458. The van der Waals surface area contributed by atoms with Crippen LogP contribution in [-0.4, -0.2) is 36.4 Å². The average Bonchev–Trinajstić information content (AvgIpc) is 3.23. The molecule has 0 spiro atoms. The number of ether oxygens (including phenoxy) is 2. The number of benzene rings is 2. The predicted octanol–water partition coefficient (Wildman–Crippen LogP) is 5.98. The first-order valence-electron chi connectivity index (χ1n) is 10.7. The first-order chi connectivity index (χ1) is 14.5. The summed E-state index contributed by atoms with van der Waals surface area (Å²) in [6.07, 6.45) is 0. The van der Waals surface area contributed by atoms with Gasteiger partial charge in [-0.2, -0.15) is 0 Å². The monoisotopic (exact) mass is 426 g/mol. The first-order valence-corrected chi connectivity index (χ1v) is 11.7. The van der Waals surface area contributed by atoms with Crippen LogP contribution in [0.5, 0.6) is 11.5 Å². The molecular weight excluding hydrogens is 396 g/mol. The van der Waals surface area contributed by atoms with Gasteiger partial charge in [-0.3, -0.25) is 0 Å². The Morgan fingerprint density at radius 3 is 2.37 bits per heavy atom. The van der Waals surface area contributed by atoms with Crippen molar-refractivity contribution < 1.29 is 14.3 Å². The molecule has 6 heteroatoms. The Morgan fingerprint density at radius 2 is 1.70 bits per heavy atom. The van der Waals surface area contributed by atoms with Crippen molar-refractivity contribution in [2.45, 2.75) is 44.9 Å². The number of anilines is 1. The van der Waals surface area contributed by atoms with Gasteiger partial charge in [-0.05, 0) is 40.7 Å². The van der Waals surface area contributed by atoms with Gasteiger partial charge in [-0.25, -0.2) is 4.79 Å². The van der Waals surface area contributed by atoms with E-state index in [4.69, 9.17) is 9.47 Å². The van der Waals surface area contributed by atoms with Crippen molar-refractivity contribution in [2.24, 2.45) is 0 Å². The Labute approximate surface area is 183 Å². The van der Waals surface area contributed by atoms with Gasteiger partial charge in [-0.15, -0.1) is 11.8 Å². The third kappa shape index (κ3) is 4.10. The number of thioether (sulfide) groups is 1. The molecule has 0 bridgehead atoms. The number of nitrogens with zero attached hydrogens (tertiary/aromatic N) is 1. The summed E-state index contributed by atoms with van der Waals surface area (Å²) < 4.78 is 11.4. The van der Waals surface area contributed by atoms with Gasteiger partial charge in [0.15, 0.2) is 11.5 Å². The molecule has 1 saturated heterocycles. The zero-order valence-corrected chi connectivity index (χ0v) is 18.9. The molecule has 0 radical (unpaired) electrons. The highest BCUT2D eigenvalue weighted by atomic mass is 32.2. The molecule has 1 fully saturated rings. The average molecular weight is 427 g/mol. The fourth-order valence-electron chi connectivity index (χ4n) is 4.04. The minimum atomic E-state index is -0.0464. The molecular formula is C24H30N2O3S. The second kappa shape index (κ2) is 8.80. The molecule has 0 saturated carbocycles. The van der Waals surface area contributed by atoms with Gasteiger partial charge in [0, 0.05) is 18.0 Å². The minimum Gasteiger partial charge on any atom is -0.486 e. The zero-order valence-electron chi connectivity index (χ0n) is 18.1. The van der Waals surface area contributed by atoms with Crippen molar-refractivity contribution in [3.63, 3.8) is 0 Å². The number of rotatable bonds is 4. The maximum atomic E-state index is 13.4. The Kier molecular flexibility index (Phi) is 6.14. The van der Waals surface area contributed by atoms with E-state index in [9.17, 15) is 4.79 Å². The van der Waals surface area contributed by atoms with E-state index in [2.05, 4.69) is 51.2 Å². The minimum absolute atomic E-state index is 0.0328. The van der Waals surface area contributed by atoms with E-state index < -0.39 is 0 Å². The lowest BCUT2D eigenvalue weighted by molar-refractivity contribution is 0.171. The number of nitrogens with one attached hydrogen (secondary N) is 1. The number of urea groups is 1. The summed E-state index contributed by atoms with van der Waals surface area (Å²) in [6.45, 7) is 10.5. The lowest BCUT2D eigenvalue weighted by atomic mass is 9.93. The topological polar surface area (TPSA) is 50.8 Å². The van der Waals surface area contributed by atoms with Crippen molar-refractivity contribution in [3.05, 3.63) is 53.1 Å². The molecule has 30 heavy (non-hydrogen) atoms. The molecule has 4 rings (SSSR count). The van der Waals surface area contributed by atoms with Crippen LogP contribution < -0.4 is 14.8 Å². The second-order valence-electron chi connectivity index (χ2n) is 8.37. The molecule has 2 aliphatic heterocycles. The van der Waals surface area contributed by atoms with Crippen LogP contribution >= 0.6 is 11.8 Å². The molecule has 2 amide bonds. The van der Waals surface area contributed by atoms with Crippen LogP contribution in [-0.2, 0) is 0 Å². The van der Waals surface area contributed by atoms with E-state index in [1.165, 1.54) is 11.1 Å². The highest BCUT2D eigenvalue weighted by Gasteiger charge is 2.32. The highest BCUT2D eigenvalue weighted by molar-refractivity contribution is 7.99. The van der Waals surface area contributed by atoms with Gasteiger partial charge in [0.05, 0.1) is 0 Å². The van der Waals surface area contributed by atoms with E-state index in [0.29, 0.717) is 25.0 Å². The molecule has 0 aromatic heterocycles. The molecule has 2 aromatic rings. The molecule has 2 aliphatic rings. The smallest absolute Gasteiger partial charge is 0.323 e. The Bertz CT molecular complexity index is 902. The maximum absolute atomic E-state index is 13.4. The SMILES string of the molecule is CC(C)c1cccc(C(C)C)c1NC(=O)N1CCS[C@@H]1c1ccc2c(c1)OCCO2. The highest BCUT2D eigenvalue weighted by Crippen LogP contribution is 2.42. The van der Waals surface area contributed by atoms with Gasteiger partial charge in [0.2, 0.25) is 0 Å². The summed E-state index contributed by atoms with van der Waals surface area (Å²) in [5.41, 5.74) is 4.39. The van der Waals surface area contributed by atoms with Crippen molar-refractivity contribution in [1.29, 1.82) is 0 Å². The quantitative estimate of drug-likeness (QED) is 0.653. The summed E-state index contributed by atoms with van der Waals surface area (Å²) in [7, 11) is 0. The van der Waals surface area contributed by atoms with Crippen LogP contribution in [0.2, 0.25) is 0 Å². The molecule has 0 aliphatic carbocycles. The van der Waals surface area contributed by atoms with Crippen LogP contribution in [0.25, 0.3) is 0 Å². The number of fused-ring (bicyclic) bond motifs is 1. The Balaban J connectivity index is 1.60. The number of amides is 2. The second-order valence-corrected chi connectivity index (χ2v) is 9.56. The van der Waals surface area contributed by atoms with Crippen LogP contribution in [0.1, 0.15) is 61.6 Å². The normalized spacial score (nSPS) is 18.2. The number of hydrogen-bond donors (Lipinski definition) is 1. The Morgan fingerprint density at radius 1 is 1.03 bits per heavy atom. The van der Waals surface area contributed by atoms with Crippen LogP contribution in [0, 0.1) is 0 Å². The van der Waals surface area contributed by atoms with Crippen LogP contribution in [0.15, 0.2) is 36.4 Å². The van der Waals surface area contributed by atoms with Crippen molar-refractivity contribution in [3.8, 4) is 11.5 Å². The zero-order chi connectivity index (χ0) is 21.3. The molecule has 0 unspecified atom stereocenters. The fourth-order valence-corrected chi connectivity index (χ4v) is 5.29. The molecule has 160 valence electrons. The van der Waals surface area contributed by atoms with Crippen molar-refractivity contribution >= 4 is 23.5 Å². The molecule has 2 aromatic carbocycles. The van der Waals surface area contributed by atoms with Crippen molar-refractivity contribution in [1.82, 2.24) is 4.90 Å². The van der Waals surface area contributed by atoms with Crippen LogP contribution in [0.3, 0.4) is 0 Å². The van der Waals surface area contributed by atoms with E-state index in [1.54, 1.807) is 11.8 Å². The molecule has 2 heterocycles. The summed E-state index contributed by atoms with van der Waals surface area (Å²) in [5, 5.41) is 3.23. The lowest BCUT2D eigenvalue weighted by Crippen LogP contribution is -2.35. The standard InChI is InChI=1S/C24H30N2O3S/c1-15(2)18-6-5-7-19(16(3)4)22(18)25-24(27)26-10-13-30-23(26)17-8-9-20-21(14-17)29-12-11-28-20/h5-9,14-16,23H,10-13H2,1-4H3,(H,25,27)/t23-/m1/s1. The van der Waals surface area contributed by atoms with Gasteiger partial charge >= 0.3 is 6.03 Å². The third-order valence-corrected chi connectivity index (χ3v) is 6.87. The maximum Gasteiger partial charge on any atom is 0.323 e. The molecule has 1 atom stereocenters. The summed E-state index contributed by atoms with van der Waals surface area (Å²) in [4.78, 5) is 15.3. The van der Waals surface area contributed by atoms with Gasteiger partial charge in [0.1, 0.15) is 18.6 Å². The number of para-hydroxylation sites is 1. The molecule has 5 nitrogen and oxygen atoms in total. The van der Waals surface area contributed by atoms with E-state index in [1.807, 2.05) is 23.1 Å². The predicted molar refractivity (Wildman–Crippen MR) is 123 cm³/mol. The van der Waals surface area contributed by atoms with E-state index >= 15 is 0 Å². The summed E-state index contributed by atoms with van der Waals surface area (Å²) in [5.74, 6) is 3.12. The van der Waals surface area contributed by atoms with E-state index in [0.717, 1.165) is 35.0 Å². The van der Waals surface area contributed by atoms with Gasteiger partial charge < -0.3 is 19.7 Å². The lowest BCUT2D eigenvalue weighted by Gasteiger charge is -2.28. The van der Waals surface area contributed by atoms with Gasteiger partial charge in [-0.1, -0.05) is 52.0 Å². The number of carbonyl (C=O) groups excluding carboxylic acids is 1. The van der Waals surface area contributed by atoms with Crippen molar-refractivity contribution in [2.75, 3.05) is 30.8 Å². The summed E-state index contributed by atoms with van der Waals surface area (Å²) >= 11 is 1.78. The number of carbonyl (C=O) groups is 1. The largest absolute Gasteiger partial charge is 0.486 e. The van der Waals surface area contributed by atoms with Crippen LogP contribution in [0.4, 0.5) is 10.5 Å². The Hall–Kier alpha value is -2.34. The summed E-state index contributed by atoms with van der Waals surface area (Å²) in [6, 6.07) is 12.3. The van der Waals surface area contributed by atoms with Gasteiger partial charge in [0.25, 0.3) is 0 Å². The van der Waals surface area contributed by atoms with E-state index in [-0.39, 0.29) is 11.4 Å². The molecule has 1 N–H and O–H groups in total.